The van der Waals surface area contributed by atoms with Crippen molar-refractivity contribution in [1.82, 2.24) is 0 Å². The number of hydrogen-bond acceptors (Lipinski definition) is 1. The van der Waals surface area contributed by atoms with Gasteiger partial charge in [-0.2, -0.15) is 0 Å². The fourth-order valence-corrected chi connectivity index (χ4v) is 0. The predicted octanol–water partition coefficient (Wildman–Crippen LogP) is -1.63. The highest BCUT2D eigenvalue weighted by Crippen LogP contribution is 1.50. The molecule has 4 heavy (non-hydrogen) atoms. The molecule has 0 radical (unpaired) electrons. The van der Waals surface area contributed by atoms with E-state index in [1.54, 1.807) is 0 Å². The summed E-state index contributed by atoms with van der Waals surface area (Å²) in [5.74, 6) is 0. The van der Waals surface area contributed by atoms with Crippen molar-refractivity contribution >= 4 is 35.2 Å². The van der Waals surface area contributed by atoms with Gasteiger partial charge in [0.05, 0.1) is 0 Å². The van der Waals surface area contributed by atoms with E-state index in [-0.39, 0.29) is 17.4 Å². The first-order chi connectivity index (χ1) is 1.41. The van der Waals surface area contributed by atoms with Crippen LogP contribution in [0.15, 0.2) is 0 Å². The normalized spacial score (nSPS) is 3.25. The standard InChI is InChI=1S/Al.H3OPSi.3H/c;1-3-2;;;/h;3H,2H2;;;. The van der Waals surface area contributed by atoms with Crippen LogP contribution in [0.3, 0.4) is 0 Å². The smallest absolute Gasteiger partial charge is 0.282 e. The van der Waals surface area contributed by atoms with Gasteiger partial charge >= 0.3 is 0 Å². The van der Waals surface area contributed by atoms with E-state index >= 15 is 0 Å². The van der Waals surface area contributed by atoms with Gasteiger partial charge in [-0.15, -0.1) is 0 Å². The molecule has 0 aromatic carbocycles. The maximum absolute atomic E-state index is 8.98. The minimum Gasteiger partial charge on any atom is -0.387 e. The summed E-state index contributed by atoms with van der Waals surface area (Å²) in [6, 6.07) is 0. The first kappa shape index (κ1) is 8.88. The van der Waals surface area contributed by atoms with Gasteiger partial charge < -0.3 is 4.46 Å². The molecule has 0 aliphatic heterocycles. The van der Waals surface area contributed by atoms with Crippen LogP contribution >= 0.6 is 8.79 Å². The second-order valence-corrected chi connectivity index (χ2v) is 1.22. The average Bonchev–Trinajstić information content (AvgIpc) is 0.918. The molecule has 1 unspecified atom stereocenters. The van der Waals surface area contributed by atoms with Crippen LogP contribution in [0, 0.1) is 0 Å². The first-order valence-corrected chi connectivity index (χ1v) is 3.71. The molecule has 0 aromatic heterocycles. The molecule has 0 saturated heterocycles. The zero-order valence-electron chi connectivity index (χ0n) is 1.56. The minimum atomic E-state index is -0.583. The molecule has 0 amide bonds. The average molecular weight is 108 g/mol. The number of hydrogen-bond donors (Lipinski definition) is 0. The van der Waals surface area contributed by atoms with Crippen molar-refractivity contribution in [3.8, 4) is 0 Å². The van der Waals surface area contributed by atoms with E-state index in [9.17, 15) is 0 Å². The van der Waals surface area contributed by atoms with Gasteiger partial charge in [0.1, 0.15) is 0 Å². The monoisotopic (exact) mass is 108 g/mol. The lowest BCUT2D eigenvalue weighted by Gasteiger charge is -1.21. The molecule has 1 nitrogen and oxygen atoms in total. The molecular weight excluding hydrogens is 102 g/mol. The Kier molecular flexibility index (Phi) is 20.0. The zero-order chi connectivity index (χ0) is 2.71. The van der Waals surface area contributed by atoms with Crippen LogP contribution in [0.4, 0.5) is 0 Å². The Morgan fingerprint density at radius 2 is 1.75 bits per heavy atom. The van der Waals surface area contributed by atoms with E-state index in [2.05, 4.69) is 8.79 Å². The van der Waals surface area contributed by atoms with E-state index in [4.69, 9.17) is 4.46 Å². The summed E-state index contributed by atoms with van der Waals surface area (Å²) in [5, 5.41) is 0. The van der Waals surface area contributed by atoms with Gasteiger partial charge in [0.15, 0.2) is 17.4 Å². The maximum atomic E-state index is 8.98. The van der Waals surface area contributed by atoms with Crippen LogP contribution in [0.2, 0.25) is 0 Å². The SMILES string of the molecule is O=[SiH]P.[AlH3]. The van der Waals surface area contributed by atoms with Crippen molar-refractivity contribution in [2.24, 2.45) is 0 Å². The summed E-state index contributed by atoms with van der Waals surface area (Å²) in [4.78, 5) is 0. The van der Waals surface area contributed by atoms with E-state index in [0.29, 0.717) is 0 Å². The molecule has 0 rings (SSSR count). The molecule has 4 heteroatoms. The Labute approximate surface area is 40.2 Å². The largest absolute Gasteiger partial charge is 0.387 e. The van der Waals surface area contributed by atoms with Crippen molar-refractivity contribution < 1.29 is 4.46 Å². The Hall–Kier alpha value is 0.979. The highest BCUT2D eigenvalue weighted by atomic mass is 31.3. The fourth-order valence-electron chi connectivity index (χ4n) is 0. The van der Waals surface area contributed by atoms with Gasteiger partial charge in [-0.3, -0.25) is 0 Å². The molecule has 24 valence electrons. The summed E-state index contributed by atoms with van der Waals surface area (Å²) >= 11 is 0. The fraction of sp³-hybridized carbons (Fsp3) is 0. The van der Waals surface area contributed by atoms with E-state index in [1.165, 1.54) is 0 Å². The second-order valence-electron chi connectivity index (χ2n) is 0.136. The summed E-state index contributed by atoms with van der Waals surface area (Å²) < 4.78 is 8.98. The van der Waals surface area contributed by atoms with Crippen molar-refractivity contribution in [3.05, 3.63) is 0 Å². The van der Waals surface area contributed by atoms with Crippen molar-refractivity contribution in [2.75, 3.05) is 0 Å². The van der Waals surface area contributed by atoms with E-state index < -0.39 is 9.07 Å². The summed E-state index contributed by atoms with van der Waals surface area (Å²) in [6.07, 6.45) is 0. The van der Waals surface area contributed by atoms with Crippen LogP contribution in [0.25, 0.3) is 0 Å². The summed E-state index contributed by atoms with van der Waals surface area (Å²) in [6.45, 7) is 0. The first-order valence-electron chi connectivity index (χ1n) is 0.569. The molecule has 0 bridgehead atoms. The second kappa shape index (κ2) is 9.02. The third kappa shape index (κ3) is 12.2. The highest BCUT2D eigenvalue weighted by molar-refractivity contribution is 7.51. The van der Waals surface area contributed by atoms with Gasteiger partial charge in [-0.05, 0) is 0 Å². The van der Waals surface area contributed by atoms with Crippen LogP contribution < -0.4 is 0 Å². The van der Waals surface area contributed by atoms with Crippen molar-refractivity contribution in [2.45, 2.75) is 0 Å². The summed E-state index contributed by atoms with van der Waals surface area (Å²) in [5.41, 5.74) is 0. The highest BCUT2D eigenvalue weighted by Gasteiger charge is 1.30. The van der Waals surface area contributed by atoms with Gasteiger partial charge in [-0.1, -0.05) is 8.79 Å². The molecule has 0 aromatic rings. The molecule has 0 saturated carbocycles. The summed E-state index contributed by atoms with van der Waals surface area (Å²) in [7, 11) is 1.52. The topological polar surface area (TPSA) is 17.1 Å². The molecular formula is H6AlOPSi. The van der Waals surface area contributed by atoms with Crippen LogP contribution in [0.5, 0.6) is 0 Å². The lowest BCUT2D eigenvalue weighted by atomic mass is 16.0. The van der Waals surface area contributed by atoms with Gasteiger partial charge in [-0.25, -0.2) is 0 Å². The molecule has 0 spiro atoms. The molecule has 0 aliphatic rings. The van der Waals surface area contributed by atoms with Gasteiger partial charge in [0.2, 0.25) is 0 Å². The van der Waals surface area contributed by atoms with E-state index in [0.717, 1.165) is 0 Å². The molecule has 1 atom stereocenters. The molecule has 0 heterocycles. The van der Waals surface area contributed by atoms with Crippen LogP contribution in [-0.2, 0) is 4.46 Å². The van der Waals surface area contributed by atoms with Crippen LogP contribution in [-0.4, -0.2) is 26.4 Å². The molecule has 0 N–H and O–H groups in total. The third-order valence-corrected chi connectivity index (χ3v) is 0. The van der Waals surface area contributed by atoms with Crippen molar-refractivity contribution in [1.29, 1.82) is 0 Å². The molecule has 0 aliphatic carbocycles. The lowest BCUT2D eigenvalue weighted by Crippen LogP contribution is -1.28. The van der Waals surface area contributed by atoms with Gasteiger partial charge in [0, 0.05) is 0 Å². The molecule has 0 fully saturated rings. The Bertz CT molecular complexity index is 15.5. The minimum absolute atomic E-state index is 0. The predicted molar refractivity (Wildman–Crippen MR) is 27.5 cm³/mol. The van der Waals surface area contributed by atoms with Gasteiger partial charge in [0.25, 0.3) is 9.07 Å². The van der Waals surface area contributed by atoms with E-state index in [1.807, 2.05) is 0 Å². The maximum Gasteiger partial charge on any atom is 0.282 e. The third-order valence-electron chi connectivity index (χ3n) is 0. The Balaban J connectivity index is 0. The lowest BCUT2D eigenvalue weighted by molar-refractivity contribution is 0.587. The van der Waals surface area contributed by atoms with Crippen molar-refractivity contribution in [3.63, 3.8) is 0 Å². The Morgan fingerprint density at radius 1 is 1.75 bits per heavy atom. The number of rotatable bonds is 0. The zero-order valence-corrected chi connectivity index (χ0v) is 3.87. The quantitative estimate of drug-likeness (QED) is 0.269. The van der Waals surface area contributed by atoms with Crippen LogP contribution in [0.1, 0.15) is 0 Å². The Morgan fingerprint density at radius 3 is 1.75 bits per heavy atom.